The molecule has 31 heavy (non-hydrogen) atoms. The molecule has 2 aromatic rings. The number of hydrogen-bond acceptors (Lipinski definition) is 4. The number of nitrogens with one attached hydrogen (secondary N) is 2. The van der Waals surface area contributed by atoms with Crippen LogP contribution in [0.4, 0.5) is 5.69 Å². The van der Waals surface area contributed by atoms with Gasteiger partial charge in [0.15, 0.2) is 6.10 Å². The average Bonchev–Trinajstić information content (AvgIpc) is 2.69. The molecule has 0 saturated heterocycles. The minimum absolute atomic E-state index is 0.0138. The molecule has 0 spiro atoms. The van der Waals surface area contributed by atoms with Crippen molar-refractivity contribution in [3.05, 3.63) is 64.7 Å². The van der Waals surface area contributed by atoms with Gasteiger partial charge in [-0.2, -0.15) is 0 Å². The van der Waals surface area contributed by atoms with Gasteiger partial charge in [-0.15, -0.1) is 0 Å². The molecular formula is C25H32N2O4. The van der Waals surface area contributed by atoms with Crippen LogP contribution in [0.5, 0.6) is 0 Å². The Morgan fingerprint density at radius 3 is 2.23 bits per heavy atom. The summed E-state index contributed by atoms with van der Waals surface area (Å²) in [6.07, 6.45) is -0.957. The van der Waals surface area contributed by atoms with Crippen molar-refractivity contribution in [1.82, 2.24) is 5.32 Å². The Labute approximate surface area is 184 Å². The molecule has 0 radical (unpaired) electrons. The molecule has 0 unspecified atom stereocenters. The highest BCUT2D eigenvalue weighted by atomic mass is 16.5. The number of esters is 1. The van der Waals surface area contributed by atoms with E-state index in [1.165, 1.54) is 6.92 Å². The Hall–Kier alpha value is -3.15. The lowest BCUT2D eigenvalue weighted by Crippen LogP contribution is -2.32. The zero-order valence-electron chi connectivity index (χ0n) is 19.2. The van der Waals surface area contributed by atoms with E-state index in [1.807, 2.05) is 44.2 Å². The number of benzene rings is 2. The third kappa shape index (κ3) is 7.24. The summed E-state index contributed by atoms with van der Waals surface area (Å²) in [6.45, 7) is 11.8. The maximum Gasteiger partial charge on any atom is 0.308 e. The highest BCUT2D eigenvalue weighted by molar-refractivity contribution is 5.96. The number of anilines is 1. The lowest BCUT2D eigenvalue weighted by molar-refractivity contribution is -0.153. The molecule has 2 amide bonds. The van der Waals surface area contributed by atoms with Gasteiger partial charge in [0, 0.05) is 17.8 Å². The number of ether oxygens (including phenoxy) is 1. The number of amides is 2. The van der Waals surface area contributed by atoms with Crippen molar-refractivity contribution < 1.29 is 19.1 Å². The molecule has 0 heterocycles. The van der Waals surface area contributed by atoms with Gasteiger partial charge in [-0.25, -0.2) is 0 Å². The first-order valence-corrected chi connectivity index (χ1v) is 10.4. The molecule has 0 fully saturated rings. The van der Waals surface area contributed by atoms with E-state index in [9.17, 15) is 14.4 Å². The van der Waals surface area contributed by atoms with Gasteiger partial charge in [0.25, 0.3) is 11.8 Å². The molecule has 0 saturated carbocycles. The lowest BCUT2D eigenvalue weighted by atomic mass is 9.87. The van der Waals surface area contributed by atoms with Crippen molar-refractivity contribution in [2.24, 2.45) is 0 Å². The van der Waals surface area contributed by atoms with Crippen molar-refractivity contribution in [3.63, 3.8) is 0 Å². The fourth-order valence-electron chi connectivity index (χ4n) is 3.00. The number of carbonyl (C=O) groups is 3. The smallest absolute Gasteiger partial charge is 0.308 e. The van der Waals surface area contributed by atoms with Gasteiger partial charge in [0.2, 0.25) is 0 Å². The predicted molar refractivity (Wildman–Crippen MR) is 122 cm³/mol. The van der Waals surface area contributed by atoms with Crippen LogP contribution in [0.2, 0.25) is 0 Å². The van der Waals surface area contributed by atoms with E-state index in [2.05, 4.69) is 31.4 Å². The van der Waals surface area contributed by atoms with Gasteiger partial charge in [0.05, 0.1) is 6.42 Å². The predicted octanol–water partition coefficient (Wildman–Crippen LogP) is 4.29. The van der Waals surface area contributed by atoms with Crippen LogP contribution >= 0.6 is 0 Å². The number of hydrogen-bond donors (Lipinski definition) is 2. The summed E-state index contributed by atoms with van der Waals surface area (Å²) >= 11 is 0. The molecular weight excluding hydrogens is 392 g/mol. The van der Waals surface area contributed by atoms with Crippen LogP contribution in [-0.4, -0.2) is 30.4 Å². The molecule has 2 N–H and O–H groups in total. The first kappa shape index (κ1) is 24.1. The van der Waals surface area contributed by atoms with Crippen molar-refractivity contribution >= 4 is 23.5 Å². The van der Waals surface area contributed by atoms with Crippen molar-refractivity contribution in [1.29, 1.82) is 0 Å². The van der Waals surface area contributed by atoms with Gasteiger partial charge < -0.3 is 15.4 Å². The van der Waals surface area contributed by atoms with E-state index in [0.717, 1.165) is 16.7 Å². The van der Waals surface area contributed by atoms with E-state index in [-0.39, 0.29) is 24.3 Å². The Balaban J connectivity index is 1.78. The Kier molecular flexibility index (Phi) is 7.97. The molecule has 0 aliphatic carbocycles. The third-order valence-corrected chi connectivity index (χ3v) is 4.95. The normalized spacial score (nSPS) is 12.1. The van der Waals surface area contributed by atoms with E-state index < -0.39 is 18.0 Å². The second-order valence-corrected chi connectivity index (χ2v) is 8.77. The van der Waals surface area contributed by atoms with E-state index in [0.29, 0.717) is 11.3 Å². The molecule has 6 heteroatoms. The quantitative estimate of drug-likeness (QED) is 0.650. The Morgan fingerprint density at radius 1 is 1.00 bits per heavy atom. The summed E-state index contributed by atoms with van der Waals surface area (Å²) in [5.74, 6) is -1.20. The standard InChI is InChI=1S/C25H32N2O4/c1-16-7-12-21(17(2)15-16)27-23(29)18(3)31-22(28)13-14-26-24(30)19-8-10-20(11-9-19)25(4,5)6/h7-12,15,18H,13-14H2,1-6H3,(H,26,30)(H,27,29)/t18-/m1/s1. The molecule has 166 valence electrons. The Bertz CT molecular complexity index is 943. The van der Waals surface area contributed by atoms with Crippen LogP contribution < -0.4 is 10.6 Å². The van der Waals surface area contributed by atoms with Gasteiger partial charge in [-0.05, 0) is 55.5 Å². The molecule has 1 atom stereocenters. The lowest BCUT2D eigenvalue weighted by Gasteiger charge is -2.19. The minimum atomic E-state index is -0.936. The first-order chi connectivity index (χ1) is 14.5. The summed E-state index contributed by atoms with van der Waals surface area (Å²) in [4.78, 5) is 36.6. The second kappa shape index (κ2) is 10.2. The number of carbonyl (C=O) groups excluding carboxylic acids is 3. The van der Waals surface area contributed by atoms with Crippen molar-refractivity contribution in [2.45, 2.75) is 59.5 Å². The monoisotopic (exact) mass is 424 g/mol. The zero-order valence-corrected chi connectivity index (χ0v) is 19.2. The summed E-state index contributed by atoms with van der Waals surface area (Å²) in [5.41, 5.74) is 4.40. The molecule has 6 nitrogen and oxygen atoms in total. The zero-order chi connectivity index (χ0) is 23.2. The SMILES string of the molecule is Cc1ccc(NC(=O)[C@@H](C)OC(=O)CCNC(=O)c2ccc(C(C)(C)C)cc2)c(C)c1. The van der Waals surface area contributed by atoms with Crippen LogP contribution in [-0.2, 0) is 19.7 Å². The molecule has 2 aromatic carbocycles. The van der Waals surface area contributed by atoms with Crippen LogP contribution in [0.3, 0.4) is 0 Å². The van der Waals surface area contributed by atoms with E-state index in [4.69, 9.17) is 4.74 Å². The summed E-state index contributed by atoms with van der Waals surface area (Å²) in [5, 5.41) is 5.47. The molecule has 0 aromatic heterocycles. The average molecular weight is 425 g/mol. The molecule has 0 aliphatic heterocycles. The van der Waals surface area contributed by atoms with Gasteiger partial charge in [0.1, 0.15) is 0 Å². The Morgan fingerprint density at radius 2 is 1.65 bits per heavy atom. The van der Waals surface area contributed by atoms with E-state index >= 15 is 0 Å². The van der Waals surface area contributed by atoms with E-state index in [1.54, 1.807) is 12.1 Å². The molecule has 2 rings (SSSR count). The number of aryl methyl sites for hydroxylation is 2. The fraction of sp³-hybridized carbons (Fsp3) is 0.400. The van der Waals surface area contributed by atoms with Gasteiger partial charge in [-0.3, -0.25) is 14.4 Å². The number of rotatable bonds is 7. The summed E-state index contributed by atoms with van der Waals surface area (Å²) in [6, 6.07) is 13.1. The fourth-order valence-corrected chi connectivity index (χ4v) is 3.00. The van der Waals surface area contributed by atoms with Crippen molar-refractivity contribution in [2.75, 3.05) is 11.9 Å². The molecule has 0 aliphatic rings. The molecule has 0 bridgehead atoms. The van der Waals surface area contributed by atoms with Crippen LogP contribution in [0.1, 0.15) is 61.2 Å². The van der Waals surface area contributed by atoms with Gasteiger partial charge >= 0.3 is 5.97 Å². The maximum atomic E-state index is 12.3. The largest absolute Gasteiger partial charge is 0.452 e. The maximum absolute atomic E-state index is 12.3. The highest BCUT2D eigenvalue weighted by Gasteiger charge is 2.19. The first-order valence-electron chi connectivity index (χ1n) is 10.4. The second-order valence-electron chi connectivity index (χ2n) is 8.77. The third-order valence-electron chi connectivity index (χ3n) is 4.95. The highest BCUT2D eigenvalue weighted by Crippen LogP contribution is 2.22. The summed E-state index contributed by atoms with van der Waals surface area (Å²) in [7, 11) is 0. The van der Waals surface area contributed by atoms with Crippen LogP contribution in [0, 0.1) is 13.8 Å². The van der Waals surface area contributed by atoms with Crippen LogP contribution in [0.15, 0.2) is 42.5 Å². The van der Waals surface area contributed by atoms with Gasteiger partial charge in [-0.1, -0.05) is 50.6 Å². The minimum Gasteiger partial charge on any atom is -0.452 e. The topological polar surface area (TPSA) is 84.5 Å². The van der Waals surface area contributed by atoms with Crippen LogP contribution in [0.25, 0.3) is 0 Å². The van der Waals surface area contributed by atoms with Crippen molar-refractivity contribution in [3.8, 4) is 0 Å². The summed E-state index contributed by atoms with van der Waals surface area (Å²) < 4.78 is 5.19.